The fourth-order valence-electron chi connectivity index (χ4n) is 3.22. The smallest absolute Gasteiger partial charge is 0.271 e. The molecule has 0 spiro atoms. The van der Waals surface area contributed by atoms with Gasteiger partial charge in [0, 0.05) is 32.2 Å². The van der Waals surface area contributed by atoms with E-state index in [1.165, 1.54) is 0 Å². The van der Waals surface area contributed by atoms with Gasteiger partial charge in [0.25, 0.3) is 5.91 Å². The van der Waals surface area contributed by atoms with Crippen molar-refractivity contribution in [2.24, 2.45) is 0 Å². The van der Waals surface area contributed by atoms with E-state index in [1.54, 1.807) is 25.0 Å². The third kappa shape index (κ3) is 5.10. The number of ether oxygens (including phenoxy) is 2. The van der Waals surface area contributed by atoms with Gasteiger partial charge in [-0.25, -0.2) is 0 Å². The first kappa shape index (κ1) is 19.9. The highest BCUT2D eigenvalue weighted by Gasteiger charge is 2.26. The number of nitrogens with zero attached hydrogens (tertiary/aromatic N) is 2. The number of hydrogen-bond donors (Lipinski definition) is 2. The Kier molecular flexibility index (Phi) is 6.65. The number of carbonyl (C=O) groups is 2. The Bertz CT molecular complexity index is 793. The minimum absolute atomic E-state index is 0.0106. The molecule has 28 heavy (non-hydrogen) atoms. The average Bonchev–Trinajstić information content (AvgIpc) is 3.25. The molecule has 0 saturated heterocycles. The number of carbonyl (C=O) groups excluding carboxylic acids is 2. The highest BCUT2D eigenvalue weighted by Crippen LogP contribution is 2.17. The third-order valence-electron chi connectivity index (χ3n) is 4.70. The minimum atomic E-state index is -0.209. The molecule has 1 atom stereocenters. The molecule has 8 heteroatoms. The highest BCUT2D eigenvalue weighted by molar-refractivity contribution is 5.92. The molecule has 0 aliphatic carbocycles. The van der Waals surface area contributed by atoms with Gasteiger partial charge in [0.1, 0.15) is 11.4 Å². The Hall–Kier alpha value is -2.87. The maximum atomic E-state index is 12.2. The van der Waals surface area contributed by atoms with Crippen LogP contribution >= 0.6 is 0 Å². The second-order valence-electron chi connectivity index (χ2n) is 6.77. The fourth-order valence-corrected chi connectivity index (χ4v) is 3.22. The van der Waals surface area contributed by atoms with E-state index in [1.807, 2.05) is 24.3 Å². The van der Waals surface area contributed by atoms with Crippen molar-refractivity contribution in [1.82, 2.24) is 20.4 Å². The van der Waals surface area contributed by atoms with Crippen LogP contribution in [0.1, 0.15) is 28.2 Å². The quantitative estimate of drug-likeness (QED) is 0.626. The molecule has 0 radical (unpaired) electrons. The molecule has 150 valence electrons. The second-order valence-corrected chi connectivity index (χ2v) is 6.77. The van der Waals surface area contributed by atoms with Gasteiger partial charge in [-0.05, 0) is 30.2 Å². The summed E-state index contributed by atoms with van der Waals surface area (Å²) >= 11 is 0. The van der Waals surface area contributed by atoms with Gasteiger partial charge in [-0.3, -0.25) is 14.3 Å². The van der Waals surface area contributed by atoms with Crippen molar-refractivity contribution < 1.29 is 19.1 Å². The van der Waals surface area contributed by atoms with E-state index in [0.29, 0.717) is 44.7 Å². The van der Waals surface area contributed by atoms with Gasteiger partial charge in [0.05, 0.1) is 26.3 Å². The van der Waals surface area contributed by atoms with Crippen molar-refractivity contribution in [2.45, 2.75) is 31.8 Å². The molecule has 2 amide bonds. The Morgan fingerprint density at radius 3 is 2.71 bits per heavy atom. The molecule has 1 aromatic heterocycles. The number of nitrogens with one attached hydrogen (secondary N) is 2. The largest absolute Gasteiger partial charge is 0.497 e. The topological polar surface area (TPSA) is 94.5 Å². The van der Waals surface area contributed by atoms with Gasteiger partial charge in [0.15, 0.2) is 0 Å². The predicted molar refractivity (Wildman–Crippen MR) is 103 cm³/mol. The van der Waals surface area contributed by atoms with Crippen molar-refractivity contribution in [3.8, 4) is 5.75 Å². The highest BCUT2D eigenvalue weighted by atomic mass is 16.5. The number of rotatable bonds is 9. The number of amides is 2. The van der Waals surface area contributed by atoms with Gasteiger partial charge in [-0.1, -0.05) is 12.1 Å². The van der Waals surface area contributed by atoms with Crippen LogP contribution in [0, 0.1) is 0 Å². The summed E-state index contributed by atoms with van der Waals surface area (Å²) < 4.78 is 11.8. The fraction of sp³-hybridized carbons (Fsp3) is 0.450. The number of aromatic nitrogens is 2. The van der Waals surface area contributed by atoms with Crippen LogP contribution in [0.25, 0.3) is 0 Å². The predicted octanol–water partition coefficient (Wildman–Crippen LogP) is 0.942. The van der Waals surface area contributed by atoms with E-state index < -0.39 is 0 Å². The molecule has 2 aromatic rings. The maximum Gasteiger partial charge on any atom is 0.271 e. The van der Waals surface area contributed by atoms with Crippen molar-refractivity contribution in [3.05, 3.63) is 47.3 Å². The molecule has 3 rings (SSSR count). The van der Waals surface area contributed by atoms with Crippen LogP contribution in [0.15, 0.2) is 30.3 Å². The molecule has 0 fully saturated rings. The molecular weight excluding hydrogens is 360 g/mol. The van der Waals surface area contributed by atoms with Crippen LogP contribution in [0.4, 0.5) is 0 Å². The van der Waals surface area contributed by atoms with Crippen LogP contribution in [0.5, 0.6) is 5.75 Å². The summed E-state index contributed by atoms with van der Waals surface area (Å²) in [6.45, 7) is 1.49. The molecule has 0 saturated carbocycles. The monoisotopic (exact) mass is 386 g/mol. The molecule has 2 N–H and O–H groups in total. The van der Waals surface area contributed by atoms with Crippen LogP contribution in [0.2, 0.25) is 0 Å². The molecule has 2 heterocycles. The van der Waals surface area contributed by atoms with Crippen LogP contribution in [-0.4, -0.2) is 55.0 Å². The van der Waals surface area contributed by atoms with E-state index in [0.717, 1.165) is 17.0 Å². The number of benzene rings is 1. The van der Waals surface area contributed by atoms with Crippen molar-refractivity contribution in [1.29, 1.82) is 0 Å². The zero-order valence-electron chi connectivity index (χ0n) is 16.2. The maximum absolute atomic E-state index is 12.2. The van der Waals surface area contributed by atoms with E-state index in [2.05, 4.69) is 15.7 Å². The lowest BCUT2D eigenvalue weighted by Crippen LogP contribution is -2.36. The Morgan fingerprint density at radius 2 is 2.04 bits per heavy atom. The van der Waals surface area contributed by atoms with Crippen LogP contribution in [0.3, 0.4) is 0 Å². The Morgan fingerprint density at radius 1 is 1.25 bits per heavy atom. The number of hydrogen-bond acceptors (Lipinski definition) is 5. The summed E-state index contributed by atoms with van der Waals surface area (Å²) in [6.07, 6.45) is 1.78. The third-order valence-corrected chi connectivity index (χ3v) is 4.70. The lowest BCUT2D eigenvalue weighted by atomic mass is 10.1. The number of aryl methyl sites for hydroxylation is 1. The van der Waals surface area contributed by atoms with Gasteiger partial charge >= 0.3 is 0 Å². The first-order valence-electron chi connectivity index (χ1n) is 9.35. The summed E-state index contributed by atoms with van der Waals surface area (Å²) in [7, 11) is 3.22. The summed E-state index contributed by atoms with van der Waals surface area (Å²) in [6, 6.07) is 9.52. The first-order valence-corrected chi connectivity index (χ1v) is 9.35. The minimum Gasteiger partial charge on any atom is -0.497 e. The lowest BCUT2D eigenvalue weighted by Gasteiger charge is -2.12. The Labute approximate surface area is 164 Å². The summed E-state index contributed by atoms with van der Waals surface area (Å²) in [4.78, 5) is 24.3. The normalized spacial score (nSPS) is 15.1. The summed E-state index contributed by atoms with van der Waals surface area (Å²) in [5.74, 6) is 0.614. The van der Waals surface area contributed by atoms with Gasteiger partial charge in [-0.2, -0.15) is 5.10 Å². The molecule has 1 aliphatic heterocycles. The zero-order chi connectivity index (χ0) is 19.9. The van der Waals surface area contributed by atoms with Crippen molar-refractivity contribution in [3.63, 3.8) is 0 Å². The van der Waals surface area contributed by atoms with E-state index >= 15 is 0 Å². The second kappa shape index (κ2) is 9.36. The number of methoxy groups -OCH3 is 2. The van der Waals surface area contributed by atoms with Gasteiger partial charge < -0.3 is 20.1 Å². The summed E-state index contributed by atoms with van der Waals surface area (Å²) in [5, 5.41) is 10.1. The molecule has 1 aliphatic rings. The average molecular weight is 386 g/mol. The van der Waals surface area contributed by atoms with Gasteiger partial charge in [-0.15, -0.1) is 0 Å². The van der Waals surface area contributed by atoms with Crippen molar-refractivity contribution in [2.75, 3.05) is 27.4 Å². The van der Waals surface area contributed by atoms with Gasteiger partial charge in [0.2, 0.25) is 5.91 Å². The van der Waals surface area contributed by atoms with E-state index in [4.69, 9.17) is 9.47 Å². The standard InChI is InChI=1S/C20H26N4O4/c1-27-10-9-21-20(26)18-12-16-11-15(13-24(16)23-18)22-19(25)8-5-14-3-6-17(28-2)7-4-14/h3-4,6-7,12,15H,5,8-11,13H2,1-2H3,(H,21,26)(H,22,25). The molecule has 8 nitrogen and oxygen atoms in total. The first-order chi connectivity index (χ1) is 13.6. The molecule has 1 unspecified atom stereocenters. The SMILES string of the molecule is COCCNC(=O)c1cc2n(n1)CC(NC(=O)CCc1ccc(OC)cc1)C2. The van der Waals surface area contributed by atoms with Crippen LogP contribution < -0.4 is 15.4 Å². The molecule has 0 bridgehead atoms. The number of fused-ring (bicyclic) bond motifs is 1. The lowest BCUT2D eigenvalue weighted by molar-refractivity contribution is -0.121. The van der Waals surface area contributed by atoms with Crippen LogP contribution in [-0.2, 0) is 28.9 Å². The Balaban J connectivity index is 1.43. The molecular formula is C20H26N4O4. The van der Waals surface area contributed by atoms with E-state index in [-0.39, 0.29) is 17.9 Å². The summed E-state index contributed by atoms with van der Waals surface area (Å²) in [5.41, 5.74) is 2.45. The van der Waals surface area contributed by atoms with Crippen molar-refractivity contribution >= 4 is 11.8 Å². The molecule has 1 aromatic carbocycles. The zero-order valence-corrected chi connectivity index (χ0v) is 16.2. The van der Waals surface area contributed by atoms with E-state index in [9.17, 15) is 9.59 Å².